The average Bonchev–Trinajstić information content (AvgIpc) is 0.838. The fourth-order valence-corrected chi connectivity index (χ4v) is 16.9. The molecule has 84 heavy (non-hydrogen) atoms. The van der Waals surface area contributed by atoms with Gasteiger partial charge >= 0.3 is 30.0 Å². The van der Waals surface area contributed by atoms with Crippen LogP contribution in [-0.4, -0.2) is 121 Å². The van der Waals surface area contributed by atoms with Gasteiger partial charge in [0.1, 0.15) is 41.3 Å². The molecule has 0 spiro atoms. The van der Waals surface area contributed by atoms with Gasteiger partial charge in [-0.3, -0.25) is 19.3 Å². The minimum atomic E-state index is -3.45. The number of carbonyl (C=O) groups excluding carboxylic acids is 6. The summed E-state index contributed by atoms with van der Waals surface area (Å²) in [7, 11) is -1.92. The molecule has 1 N–H and O–H groups in total. The third-order valence-electron chi connectivity index (χ3n) is 17.9. The third kappa shape index (κ3) is 10.3. The van der Waals surface area contributed by atoms with Gasteiger partial charge in [-0.05, 0) is 92.5 Å². The summed E-state index contributed by atoms with van der Waals surface area (Å²) < 4.78 is 58.7. The van der Waals surface area contributed by atoms with Gasteiger partial charge < -0.3 is 47.4 Å². The molecule has 17 nitrogen and oxygen atoms in total. The molecule has 5 aromatic carbocycles. The van der Waals surface area contributed by atoms with Gasteiger partial charge in [-0.1, -0.05) is 135 Å². The van der Waals surface area contributed by atoms with Gasteiger partial charge in [0.15, 0.2) is 29.8 Å². The molecule has 2 saturated carbocycles. The zero-order valence-electron chi connectivity index (χ0n) is 49.2. The molecule has 2 bridgehead atoms. The van der Waals surface area contributed by atoms with Crippen molar-refractivity contribution in [2.75, 3.05) is 13.7 Å². The smallest absolute Gasteiger partial charge is 0.413 e. The Labute approximate surface area is 490 Å². The van der Waals surface area contributed by atoms with Crippen molar-refractivity contribution in [3.8, 4) is 5.75 Å². The largest absolute Gasteiger partial charge is 0.497 e. The van der Waals surface area contributed by atoms with Gasteiger partial charge in [0, 0.05) is 37.7 Å². The number of fused-ring (bicyclic) bond motifs is 5. The van der Waals surface area contributed by atoms with Crippen molar-refractivity contribution in [2.24, 2.45) is 16.7 Å². The lowest BCUT2D eigenvalue weighted by Gasteiger charge is -2.68. The average molecular weight is 1160 g/mol. The van der Waals surface area contributed by atoms with E-state index in [0.717, 1.165) is 10.4 Å². The molecule has 12 atom stereocenters. The van der Waals surface area contributed by atoms with E-state index in [2.05, 4.69) is 0 Å². The Kier molecular flexibility index (Phi) is 16.0. The van der Waals surface area contributed by atoms with Crippen molar-refractivity contribution in [3.63, 3.8) is 0 Å². The van der Waals surface area contributed by atoms with Crippen LogP contribution >= 0.6 is 0 Å². The van der Waals surface area contributed by atoms with E-state index >= 15 is 14.4 Å². The number of ketones is 1. The molecule has 3 aliphatic carbocycles. The molecule has 18 heteroatoms. The highest BCUT2D eigenvalue weighted by Crippen LogP contribution is 2.65. The summed E-state index contributed by atoms with van der Waals surface area (Å²) in [6.45, 7) is 15.9. The Hall–Kier alpha value is -7.48. The minimum absolute atomic E-state index is 0.0255. The number of hydrogen-bond acceptors (Lipinski definition) is 16. The number of hydrogen-bond donors (Lipinski definition) is 1. The highest BCUT2D eigenvalue weighted by Gasteiger charge is 2.79. The van der Waals surface area contributed by atoms with Crippen LogP contribution in [0.15, 0.2) is 157 Å². The van der Waals surface area contributed by atoms with Crippen LogP contribution in [0.5, 0.6) is 5.75 Å². The number of ether oxygens (including phenoxy) is 8. The van der Waals surface area contributed by atoms with Crippen molar-refractivity contribution >= 4 is 54.4 Å². The molecule has 0 radical (unpaired) electrons. The van der Waals surface area contributed by atoms with Crippen molar-refractivity contribution < 1.29 is 76.2 Å². The van der Waals surface area contributed by atoms with Crippen LogP contribution in [-0.2, 0) is 56.8 Å². The van der Waals surface area contributed by atoms with Crippen molar-refractivity contribution in [1.29, 1.82) is 0 Å². The second-order valence-electron chi connectivity index (χ2n) is 24.5. The zero-order chi connectivity index (χ0) is 60.3. The summed E-state index contributed by atoms with van der Waals surface area (Å²) in [5.41, 5.74) is -7.46. The molecule has 1 amide bonds. The van der Waals surface area contributed by atoms with Crippen LogP contribution in [0.4, 0.5) is 4.79 Å². The fraction of sp³-hybridized carbons (Fsp3) is 0.424. The molecule has 2 saturated heterocycles. The number of methoxy groups -OCH3 is 1. The molecule has 1 unspecified atom stereocenters. The maximum atomic E-state index is 17.0. The minimum Gasteiger partial charge on any atom is -0.497 e. The Morgan fingerprint density at radius 3 is 1.83 bits per heavy atom. The van der Waals surface area contributed by atoms with Crippen molar-refractivity contribution in [3.05, 3.63) is 173 Å². The number of benzene rings is 5. The number of amides is 1. The number of esters is 4. The first-order valence-electron chi connectivity index (χ1n) is 28.4. The van der Waals surface area contributed by atoms with Gasteiger partial charge in [0.25, 0.3) is 8.32 Å². The predicted octanol–water partition coefficient (Wildman–Crippen LogP) is 8.70. The third-order valence-corrected chi connectivity index (χ3v) is 21.6. The van der Waals surface area contributed by atoms with E-state index in [1.807, 2.05) is 67.2 Å². The van der Waals surface area contributed by atoms with Crippen molar-refractivity contribution in [2.45, 2.75) is 147 Å². The topological polar surface area (TPSA) is 209 Å². The maximum absolute atomic E-state index is 17.0. The SMILES string of the molecule is COc1ccc(C2O[C@@H](C(=O)O[C@H]3C[C@@]4(O)[C@@H](OC(=O)c5ccccc5)[C@@H]5[C@]6(OC(C)=O)CO[C@@H]6C[C@H](O[Si](C)(c6ccccc6)c6ccccc6)[C@@]5(C)C(=O)[C@H](OC(C)=O)C(=C3C)C4(C)C)[C@H](c3ccccc3)N2C(=O)OC(C)(C)C)cc1. The molecule has 10 rings (SSSR count). The molecule has 4 fully saturated rings. The monoisotopic (exact) mass is 1160 g/mol. The van der Waals surface area contributed by atoms with Gasteiger partial charge in [-0.2, -0.15) is 0 Å². The summed E-state index contributed by atoms with van der Waals surface area (Å²) >= 11 is 0. The summed E-state index contributed by atoms with van der Waals surface area (Å²) in [5.74, 6) is -5.16. The number of carbonyl (C=O) groups is 6. The Morgan fingerprint density at radius 1 is 0.738 bits per heavy atom. The molecule has 442 valence electrons. The van der Waals surface area contributed by atoms with Crippen LogP contribution in [0.1, 0.15) is 109 Å². The Bertz CT molecular complexity index is 3300. The number of rotatable bonds is 13. The van der Waals surface area contributed by atoms with E-state index in [9.17, 15) is 19.5 Å². The van der Waals surface area contributed by atoms with Crippen molar-refractivity contribution in [1.82, 2.24) is 4.90 Å². The first kappa shape index (κ1) is 59.7. The molecule has 2 aliphatic heterocycles. The zero-order valence-corrected chi connectivity index (χ0v) is 50.2. The van der Waals surface area contributed by atoms with Gasteiger partial charge in [-0.25, -0.2) is 14.4 Å². The normalized spacial score (nSPS) is 29.8. The number of Topliss-reactive ketones (excluding diaryl/α,β-unsaturated/α-hetero) is 1. The molecular weight excluding hydrogens is 1090 g/mol. The quantitative estimate of drug-likeness (QED) is 0.0506. The van der Waals surface area contributed by atoms with Crippen LogP contribution in [0, 0.1) is 16.7 Å². The summed E-state index contributed by atoms with van der Waals surface area (Å²) in [4.78, 5) is 91.4. The molecule has 2 heterocycles. The first-order valence-corrected chi connectivity index (χ1v) is 30.8. The van der Waals surface area contributed by atoms with Crippen LogP contribution in [0.3, 0.4) is 0 Å². The lowest BCUT2D eigenvalue weighted by Crippen LogP contribution is -2.82. The summed E-state index contributed by atoms with van der Waals surface area (Å²) in [6.07, 6.45) is -11.4. The molecular formula is C66H73NO16Si. The number of aliphatic hydroxyl groups is 1. The summed E-state index contributed by atoms with van der Waals surface area (Å²) in [5, 5.41) is 16.3. The predicted molar refractivity (Wildman–Crippen MR) is 309 cm³/mol. The van der Waals surface area contributed by atoms with E-state index in [-0.39, 0.29) is 29.7 Å². The van der Waals surface area contributed by atoms with Gasteiger partial charge in [0.2, 0.25) is 0 Å². The standard InChI is InChI=1S/C66H73NO16Si/c1-39-48(78-60(72)54-52(42-24-16-12-17-25-42)67(61(73)82-62(4,5)6)58(79-54)43-32-34-45(75-10)35-33-43)37-66(74)57(80-59(71)44-26-18-13-19-27-44)55-64(9,56(70)53(77-40(2)68)51(39)63(66,7)8)49(36-50-65(55,38-76-50)81-41(3)69)83-84(11,46-28-20-14-21-29-46)47-30-22-15-23-31-47/h12-35,48-50,52-55,57-58,74H,36-38H2,1-11H3/t48-,49-,50+,52-,53+,54+,55-,57-,58?,64+,65-,66+/m0/s1. The van der Waals surface area contributed by atoms with Gasteiger partial charge in [-0.15, -0.1) is 0 Å². The first-order chi connectivity index (χ1) is 39.8. The fourth-order valence-electron chi connectivity index (χ4n) is 13.7. The van der Waals surface area contributed by atoms with E-state index < -0.39 is 133 Å². The maximum Gasteiger partial charge on any atom is 0.413 e. The van der Waals surface area contributed by atoms with E-state index in [1.54, 1.807) is 133 Å². The van der Waals surface area contributed by atoms with E-state index in [1.165, 1.54) is 25.9 Å². The summed E-state index contributed by atoms with van der Waals surface area (Å²) in [6, 6.07) is 41.9. The van der Waals surface area contributed by atoms with E-state index in [4.69, 9.17) is 42.3 Å². The Morgan fingerprint density at radius 2 is 1.31 bits per heavy atom. The van der Waals surface area contributed by atoms with Crippen LogP contribution < -0.4 is 15.1 Å². The second-order valence-corrected chi connectivity index (χ2v) is 27.9. The lowest BCUT2D eigenvalue weighted by atomic mass is 9.44. The highest BCUT2D eigenvalue weighted by molar-refractivity contribution is 6.96. The van der Waals surface area contributed by atoms with Gasteiger partial charge in [0.05, 0.1) is 36.7 Å². The molecule has 0 aromatic heterocycles. The van der Waals surface area contributed by atoms with Crippen LogP contribution in [0.2, 0.25) is 6.55 Å². The molecule has 5 aromatic rings. The Balaban J connectivity index is 1.18. The number of nitrogens with zero attached hydrogens (tertiary/aromatic N) is 1. The molecule has 5 aliphatic rings. The highest BCUT2D eigenvalue weighted by atomic mass is 28.4. The van der Waals surface area contributed by atoms with E-state index in [0.29, 0.717) is 16.9 Å². The second kappa shape index (κ2) is 22.5. The lowest BCUT2D eigenvalue weighted by molar-refractivity contribution is -0.344. The van der Waals surface area contributed by atoms with Crippen LogP contribution in [0.25, 0.3) is 0 Å².